The van der Waals surface area contributed by atoms with E-state index in [4.69, 9.17) is 16.3 Å². The van der Waals surface area contributed by atoms with E-state index in [2.05, 4.69) is 27.8 Å². The zero-order valence-electron chi connectivity index (χ0n) is 11.0. The van der Waals surface area contributed by atoms with E-state index in [0.29, 0.717) is 11.4 Å². The van der Waals surface area contributed by atoms with Gasteiger partial charge < -0.3 is 9.84 Å². The van der Waals surface area contributed by atoms with E-state index in [1.54, 1.807) is 0 Å². The molecule has 2 rings (SSSR count). The molecule has 5 heteroatoms. The minimum atomic E-state index is -0.515. The van der Waals surface area contributed by atoms with Gasteiger partial charge in [-0.3, -0.25) is 4.90 Å². The number of ether oxygens (including phenoxy) is 1. The Balaban J connectivity index is 1.88. The van der Waals surface area contributed by atoms with Crippen molar-refractivity contribution in [2.75, 3.05) is 26.2 Å². The van der Waals surface area contributed by atoms with Crippen LogP contribution in [0.5, 0.6) is 0 Å². The van der Waals surface area contributed by atoms with Gasteiger partial charge in [0.15, 0.2) is 0 Å². The van der Waals surface area contributed by atoms with Gasteiger partial charge in [-0.05, 0) is 31.0 Å². The van der Waals surface area contributed by atoms with Crippen molar-refractivity contribution in [3.05, 3.63) is 33.3 Å². The van der Waals surface area contributed by atoms with Gasteiger partial charge in [-0.1, -0.05) is 33.6 Å². The zero-order chi connectivity index (χ0) is 13.8. The van der Waals surface area contributed by atoms with Crippen LogP contribution in [-0.4, -0.2) is 42.4 Å². The Kier molecular flexibility index (Phi) is 5.66. The molecule has 0 radical (unpaired) electrons. The number of hydrogen-bond acceptors (Lipinski definition) is 3. The van der Waals surface area contributed by atoms with Crippen LogP contribution >= 0.6 is 27.5 Å². The smallest absolute Gasteiger partial charge is 0.0816 e. The van der Waals surface area contributed by atoms with Crippen LogP contribution in [0.4, 0.5) is 0 Å². The van der Waals surface area contributed by atoms with Crippen molar-refractivity contribution < 1.29 is 9.84 Å². The molecular weight excluding hydrogens is 330 g/mol. The first-order chi connectivity index (χ1) is 9.06. The molecule has 1 aromatic rings. The summed E-state index contributed by atoms with van der Waals surface area (Å²) in [5.41, 5.74) is 0.797. The van der Waals surface area contributed by atoms with Crippen LogP contribution < -0.4 is 0 Å². The fourth-order valence-corrected chi connectivity index (χ4v) is 3.13. The normalized spacial score (nSPS) is 22.4. The molecule has 0 amide bonds. The van der Waals surface area contributed by atoms with Crippen molar-refractivity contribution in [3.63, 3.8) is 0 Å². The standard InChI is InChI=1S/C14H19BrClNO2/c1-10-9-17(6-7-19-10)5-4-14(18)12-3-2-11(15)8-13(12)16/h2-3,8,10,14,18H,4-7,9H2,1H3. The SMILES string of the molecule is CC1CN(CCC(O)c2ccc(Br)cc2Cl)CCO1. The number of nitrogens with zero attached hydrogens (tertiary/aromatic N) is 1. The molecule has 1 heterocycles. The first-order valence-corrected chi connectivity index (χ1v) is 7.70. The first-order valence-electron chi connectivity index (χ1n) is 6.53. The Labute approximate surface area is 127 Å². The van der Waals surface area contributed by atoms with E-state index in [0.717, 1.165) is 36.3 Å². The molecule has 0 bridgehead atoms. The highest BCUT2D eigenvalue weighted by molar-refractivity contribution is 9.10. The molecule has 1 aliphatic rings. The quantitative estimate of drug-likeness (QED) is 0.906. The van der Waals surface area contributed by atoms with Gasteiger partial charge in [-0.15, -0.1) is 0 Å². The van der Waals surface area contributed by atoms with Crippen LogP contribution in [0.1, 0.15) is 25.0 Å². The minimum Gasteiger partial charge on any atom is -0.388 e. The highest BCUT2D eigenvalue weighted by atomic mass is 79.9. The maximum atomic E-state index is 10.2. The molecule has 3 nitrogen and oxygen atoms in total. The van der Waals surface area contributed by atoms with E-state index < -0.39 is 6.10 Å². The molecule has 1 aliphatic heterocycles. The van der Waals surface area contributed by atoms with E-state index in [-0.39, 0.29) is 6.10 Å². The first kappa shape index (κ1) is 15.3. The second-order valence-electron chi connectivity index (χ2n) is 4.95. The molecular formula is C14H19BrClNO2. The summed E-state index contributed by atoms with van der Waals surface area (Å²) >= 11 is 9.51. The van der Waals surface area contributed by atoms with Crippen molar-refractivity contribution in [2.45, 2.75) is 25.6 Å². The number of rotatable bonds is 4. The summed E-state index contributed by atoms with van der Waals surface area (Å²) in [4.78, 5) is 2.32. The average molecular weight is 349 g/mol. The lowest BCUT2D eigenvalue weighted by atomic mass is 10.1. The van der Waals surface area contributed by atoms with E-state index in [9.17, 15) is 5.11 Å². The Morgan fingerprint density at radius 3 is 3.05 bits per heavy atom. The molecule has 1 saturated heterocycles. The number of hydrogen-bond donors (Lipinski definition) is 1. The molecule has 0 spiro atoms. The van der Waals surface area contributed by atoms with Gasteiger partial charge in [0.1, 0.15) is 0 Å². The van der Waals surface area contributed by atoms with E-state index in [1.807, 2.05) is 18.2 Å². The molecule has 19 heavy (non-hydrogen) atoms. The van der Waals surface area contributed by atoms with Gasteiger partial charge in [0.05, 0.1) is 18.8 Å². The molecule has 106 valence electrons. The van der Waals surface area contributed by atoms with Crippen molar-refractivity contribution in [2.24, 2.45) is 0 Å². The third-order valence-electron chi connectivity index (χ3n) is 3.37. The highest BCUT2D eigenvalue weighted by Gasteiger charge is 2.18. The van der Waals surface area contributed by atoms with Gasteiger partial charge in [0.25, 0.3) is 0 Å². The predicted octanol–water partition coefficient (Wildman–Crippen LogP) is 3.25. The highest BCUT2D eigenvalue weighted by Crippen LogP contribution is 2.28. The summed E-state index contributed by atoms with van der Waals surface area (Å²) in [6.45, 7) is 5.58. The molecule has 1 N–H and O–H groups in total. The number of aliphatic hydroxyl groups excluding tert-OH is 1. The molecule has 1 aromatic carbocycles. The molecule has 0 saturated carbocycles. The lowest BCUT2D eigenvalue weighted by Gasteiger charge is -2.31. The van der Waals surface area contributed by atoms with Crippen molar-refractivity contribution >= 4 is 27.5 Å². The maximum Gasteiger partial charge on any atom is 0.0816 e. The second-order valence-corrected chi connectivity index (χ2v) is 6.28. The summed E-state index contributed by atoms with van der Waals surface area (Å²) in [6.07, 6.45) is 0.453. The number of halogens is 2. The van der Waals surface area contributed by atoms with Gasteiger partial charge in [0, 0.05) is 29.1 Å². The molecule has 2 atom stereocenters. The van der Waals surface area contributed by atoms with Crippen LogP contribution in [0.3, 0.4) is 0 Å². The monoisotopic (exact) mass is 347 g/mol. The molecule has 2 unspecified atom stereocenters. The lowest BCUT2D eigenvalue weighted by molar-refractivity contribution is -0.0221. The fourth-order valence-electron chi connectivity index (χ4n) is 2.33. The zero-order valence-corrected chi connectivity index (χ0v) is 13.3. The summed E-state index contributed by atoms with van der Waals surface area (Å²) in [6, 6.07) is 5.59. The maximum absolute atomic E-state index is 10.2. The Morgan fingerprint density at radius 2 is 2.37 bits per heavy atom. The number of benzene rings is 1. The Hall–Kier alpha value is -0.130. The van der Waals surface area contributed by atoms with Crippen molar-refractivity contribution in [3.8, 4) is 0 Å². The van der Waals surface area contributed by atoms with E-state index >= 15 is 0 Å². The molecule has 1 fully saturated rings. The topological polar surface area (TPSA) is 32.7 Å². The number of aliphatic hydroxyl groups is 1. The fraction of sp³-hybridized carbons (Fsp3) is 0.571. The summed E-state index contributed by atoms with van der Waals surface area (Å²) < 4.78 is 6.43. The van der Waals surface area contributed by atoms with Crippen LogP contribution in [0.25, 0.3) is 0 Å². The predicted molar refractivity (Wildman–Crippen MR) is 80.6 cm³/mol. The number of morpholine rings is 1. The summed E-state index contributed by atoms with van der Waals surface area (Å²) in [5.74, 6) is 0. The molecule has 0 aromatic heterocycles. The second kappa shape index (κ2) is 7.04. The summed E-state index contributed by atoms with van der Waals surface area (Å²) in [5, 5.41) is 10.8. The minimum absolute atomic E-state index is 0.280. The molecule has 0 aliphatic carbocycles. The van der Waals surface area contributed by atoms with Gasteiger partial charge in [-0.2, -0.15) is 0 Å². The Morgan fingerprint density at radius 1 is 1.58 bits per heavy atom. The third-order valence-corrected chi connectivity index (χ3v) is 4.19. The van der Waals surface area contributed by atoms with Crippen molar-refractivity contribution in [1.29, 1.82) is 0 Å². The third kappa shape index (κ3) is 4.43. The van der Waals surface area contributed by atoms with Crippen LogP contribution in [0.15, 0.2) is 22.7 Å². The van der Waals surface area contributed by atoms with Crippen LogP contribution in [0, 0.1) is 0 Å². The van der Waals surface area contributed by atoms with Crippen LogP contribution in [-0.2, 0) is 4.74 Å². The van der Waals surface area contributed by atoms with Crippen LogP contribution in [0.2, 0.25) is 5.02 Å². The van der Waals surface area contributed by atoms with E-state index in [1.165, 1.54) is 0 Å². The van der Waals surface area contributed by atoms with Gasteiger partial charge in [0.2, 0.25) is 0 Å². The average Bonchev–Trinajstić information content (AvgIpc) is 2.36. The van der Waals surface area contributed by atoms with Gasteiger partial charge in [-0.25, -0.2) is 0 Å². The largest absolute Gasteiger partial charge is 0.388 e. The van der Waals surface area contributed by atoms with Gasteiger partial charge >= 0.3 is 0 Å². The lowest BCUT2D eigenvalue weighted by Crippen LogP contribution is -2.41. The van der Waals surface area contributed by atoms with Crippen molar-refractivity contribution in [1.82, 2.24) is 4.90 Å². The Bertz CT molecular complexity index is 430. The summed E-state index contributed by atoms with van der Waals surface area (Å²) in [7, 11) is 0.